The molecule has 0 aliphatic rings. The molecule has 0 unspecified atom stereocenters. The van der Waals surface area contributed by atoms with E-state index in [0.717, 1.165) is 41.9 Å². The first kappa shape index (κ1) is 28.3. The van der Waals surface area contributed by atoms with Gasteiger partial charge in [0.05, 0.1) is 26.1 Å². The van der Waals surface area contributed by atoms with Crippen LogP contribution >= 0.6 is 0 Å². The highest BCUT2D eigenvalue weighted by Crippen LogP contribution is 2.07. The summed E-state index contributed by atoms with van der Waals surface area (Å²) < 4.78 is 0. The molecule has 0 aliphatic carbocycles. The lowest BCUT2D eigenvalue weighted by atomic mass is 10.1. The summed E-state index contributed by atoms with van der Waals surface area (Å²) in [4.78, 5) is 67.1. The Labute approximate surface area is 180 Å². The van der Waals surface area contributed by atoms with Crippen LogP contribution in [0.4, 0.5) is 0 Å². The smallest absolute Gasteiger partial charge is 0.369 e. The fraction of sp³-hybridized carbons (Fsp3) is 0.737. The van der Waals surface area contributed by atoms with Gasteiger partial charge in [0.25, 0.3) is 0 Å². The fourth-order valence-electron chi connectivity index (χ4n) is 2.68. The number of carbonyl (C=O) groups excluding carboxylic acids is 2. The van der Waals surface area contributed by atoms with Gasteiger partial charge in [-0.25, -0.2) is 19.4 Å². The predicted molar refractivity (Wildman–Crippen MR) is 106 cm³/mol. The Balaban J connectivity index is 4.41. The highest BCUT2D eigenvalue weighted by molar-refractivity contribution is 5.75. The maximum atomic E-state index is 11.9. The first-order valence-electron chi connectivity index (χ1n) is 10.1. The highest BCUT2D eigenvalue weighted by atomic mass is 17.2. The molecule has 0 amide bonds. The van der Waals surface area contributed by atoms with Crippen molar-refractivity contribution >= 4 is 29.8 Å². The second-order valence-corrected chi connectivity index (χ2v) is 7.03. The van der Waals surface area contributed by atoms with E-state index in [1.807, 2.05) is 0 Å². The Morgan fingerprint density at radius 3 is 1.52 bits per heavy atom. The molecule has 0 bridgehead atoms. The van der Waals surface area contributed by atoms with Gasteiger partial charge in [-0.15, -0.1) is 0 Å². The highest BCUT2D eigenvalue weighted by Gasteiger charge is 2.20. The van der Waals surface area contributed by atoms with E-state index in [2.05, 4.69) is 16.7 Å². The third-order valence-electron chi connectivity index (χ3n) is 4.12. The molecule has 178 valence electrons. The summed E-state index contributed by atoms with van der Waals surface area (Å²) in [6.45, 7) is -0.364. The molecule has 12 heteroatoms. The summed E-state index contributed by atoms with van der Waals surface area (Å²) >= 11 is 0. The zero-order valence-electron chi connectivity index (χ0n) is 17.8. The molecule has 0 aromatic rings. The molecular weight excluding hydrogens is 416 g/mol. The lowest BCUT2D eigenvalue weighted by molar-refractivity contribution is -0.259. The van der Waals surface area contributed by atoms with Crippen LogP contribution in [0.15, 0.2) is 0 Å². The van der Waals surface area contributed by atoms with Crippen molar-refractivity contribution in [3.8, 4) is 0 Å². The molecule has 3 N–H and O–H groups in total. The normalized spacial score (nSPS) is 10.8. The zero-order chi connectivity index (χ0) is 23.6. The van der Waals surface area contributed by atoms with E-state index < -0.39 is 56.0 Å². The van der Waals surface area contributed by atoms with Gasteiger partial charge in [0, 0.05) is 13.1 Å². The molecule has 0 rings (SSSR count). The minimum absolute atomic E-state index is 0.0948. The Morgan fingerprint density at radius 2 is 1.03 bits per heavy atom. The summed E-state index contributed by atoms with van der Waals surface area (Å²) in [5.41, 5.74) is 0. The number of nitrogens with zero attached hydrogens (tertiary/aromatic N) is 2. The van der Waals surface area contributed by atoms with E-state index in [4.69, 9.17) is 15.3 Å². The number of hydrogen-bond donors (Lipinski definition) is 3. The number of carboxylic acids is 3. The average Bonchev–Trinajstić information content (AvgIpc) is 2.65. The average molecular weight is 448 g/mol. The largest absolute Gasteiger partial charge is 0.480 e. The summed E-state index contributed by atoms with van der Waals surface area (Å²) in [6, 6.07) is 0. The van der Waals surface area contributed by atoms with Crippen LogP contribution < -0.4 is 0 Å². The van der Waals surface area contributed by atoms with Crippen molar-refractivity contribution in [3.05, 3.63) is 0 Å². The van der Waals surface area contributed by atoms with Gasteiger partial charge < -0.3 is 15.3 Å². The van der Waals surface area contributed by atoms with Gasteiger partial charge in [0.1, 0.15) is 6.54 Å². The molecule has 0 heterocycles. The van der Waals surface area contributed by atoms with Gasteiger partial charge in [-0.2, -0.15) is 0 Å². The minimum Gasteiger partial charge on any atom is -0.480 e. The van der Waals surface area contributed by atoms with E-state index in [0.29, 0.717) is 6.42 Å². The topological polar surface area (TPSA) is 171 Å². The van der Waals surface area contributed by atoms with Gasteiger partial charge in [-0.05, 0) is 6.42 Å². The summed E-state index contributed by atoms with van der Waals surface area (Å²) in [7, 11) is 0. The van der Waals surface area contributed by atoms with Crippen molar-refractivity contribution in [2.45, 2.75) is 51.9 Å². The third kappa shape index (κ3) is 17.8. The lowest BCUT2D eigenvalue weighted by Crippen LogP contribution is -2.43. The Morgan fingerprint density at radius 1 is 0.613 bits per heavy atom. The quantitative estimate of drug-likeness (QED) is 0.152. The van der Waals surface area contributed by atoms with Crippen molar-refractivity contribution in [1.82, 2.24) is 9.80 Å². The van der Waals surface area contributed by atoms with E-state index in [-0.39, 0.29) is 19.5 Å². The summed E-state index contributed by atoms with van der Waals surface area (Å²) in [6.07, 6.45) is 5.92. The molecule has 0 aromatic carbocycles. The van der Waals surface area contributed by atoms with Crippen LogP contribution in [-0.4, -0.2) is 94.2 Å². The zero-order valence-corrected chi connectivity index (χ0v) is 17.8. The van der Waals surface area contributed by atoms with Crippen molar-refractivity contribution in [3.63, 3.8) is 0 Å². The monoisotopic (exact) mass is 448 g/mol. The van der Waals surface area contributed by atoms with Crippen LogP contribution in [0, 0.1) is 0 Å². The number of unbranched alkanes of at least 4 members (excludes halogenated alkanes) is 5. The third-order valence-corrected chi connectivity index (χ3v) is 4.12. The number of carboxylic acid groups (broad SMARTS) is 3. The van der Waals surface area contributed by atoms with Gasteiger partial charge in [-0.1, -0.05) is 39.0 Å². The van der Waals surface area contributed by atoms with Crippen LogP contribution in [0.3, 0.4) is 0 Å². The molecule has 0 saturated carbocycles. The van der Waals surface area contributed by atoms with Crippen LogP contribution in [0.1, 0.15) is 51.9 Å². The van der Waals surface area contributed by atoms with Crippen molar-refractivity contribution in [1.29, 1.82) is 0 Å². The summed E-state index contributed by atoms with van der Waals surface area (Å²) in [5.74, 6) is -5.45. The standard InChI is InChI=1S/C19H32N2O10/c1-2-3-4-5-6-7-8-18(28)30-31-19(29)14-21(13-17(26)27)10-9-20(11-15(22)23)12-16(24)25/h2-14H2,1H3,(H,22,23)(H,24,25)(H,26,27). The molecule has 0 radical (unpaired) electrons. The fourth-order valence-corrected chi connectivity index (χ4v) is 2.68. The minimum atomic E-state index is -1.25. The van der Waals surface area contributed by atoms with Crippen molar-refractivity contribution in [2.24, 2.45) is 0 Å². The molecule has 0 saturated heterocycles. The predicted octanol–water partition coefficient (Wildman–Crippen LogP) is 0.596. The van der Waals surface area contributed by atoms with Crippen LogP contribution in [-0.2, 0) is 33.7 Å². The van der Waals surface area contributed by atoms with E-state index in [1.165, 1.54) is 0 Å². The molecule has 0 spiro atoms. The maximum Gasteiger partial charge on any atom is 0.369 e. The number of hydrogen-bond acceptors (Lipinski definition) is 9. The number of carbonyl (C=O) groups is 5. The molecule has 0 aliphatic heterocycles. The number of rotatable bonds is 18. The van der Waals surface area contributed by atoms with Crippen LogP contribution in [0.5, 0.6) is 0 Å². The molecule has 0 atom stereocenters. The number of aliphatic carboxylic acids is 3. The summed E-state index contributed by atoms with van der Waals surface area (Å²) in [5, 5.41) is 26.6. The second-order valence-electron chi connectivity index (χ2n) is 7.03. The van der Waals surface area contributed by atoms with Gasteiger partial charge in [0.15, 0.2) is 0 Å². The van der Waals surface area contributed by atoms with Gasteiger partial charge >= 0.3 is 29.8 Å². The Kier molecular flexibility index (Phi) is 15.5. The molecular formula is C19H32N2O10. The van der Waals surface area contributed by atoms with Crippen LogP contribution in [0.25, 0.3) is 0 Å². The molecule has 31 heavy (non-hydrogen) atoms. The van der Waals surface area contributed by atoms with E-state index in [9.17, 15) is 24.0 Å². The second kappa shape index (κ2) is 17.0. The molecule has 12 nitrogen and oxygen atoms in total. The van der Waals surface area contributed by atoms with E-state index >= 15 is 0 Å². The molecule has 0 aromatic heterocycles. The van der Waals surface area contributed by atoms with Gasteiger partial charge in [0.2, 0.25) is 0 Å². The molecule has 0 fully saturated rings. The SMILES string of the molecule is CCCCCCCCC(=O)OOC(=O)CN(CCN(CC(=O)O)CC(=O)O)CC(=O)O. The Bertz CT molecular complexity index is 580. The lowest BCUT2D eigenvalue weighted by Gasteiger charge is -2.23. The Hall–Kier alpha value is -2.73. The van der Waals surface area contributed by atoms with Crippen LogP contribution in [0.2, 0.25) is 0 Å². The van der Waals surface area contributed by atoms with E-state index in [1.54, 1.807) is 0 Å². The van der Waals surface area contributed by atoms with Crippen molar-refractivity contribution < 1.29 is 49.1 Å². The van der Waals surface area contributed by atoms with Gasteiger partial charge in [-0.3, -0.25) is 24.2 Å². The first-order chi connectivity index (χ1) is 14.6. The van der Waals surface area contributed by atoms with Crippen molar-refractivity contribution in [2.75, 3.05) is 39.3 Å². The first-order valence-corrected chi connectivity index (χ1v) is 10.1. The maximum absolute atomic E-state index is 11.9.